The largest absolute Gasteiger partial charge is 0.489 e. The Morgan fingerprint density at radius 3 is 2.26 bits per heavy atom. The third-order valence-corrected chi connectivity index (χ3v) is 5.55. The van der Waals surface area contributed by atoms with Crippen molar-refractivity contribution in [3.8, 4) is 11.5 Å². The van der Waals surface area contributed by atoms with E-state index in [1.165, 1.54) is 11.4 Å². The van der Waals surface area contributed by atoms with Gasteiger partial charge in [-0.15, -0.1) is 0 Å². The van der Waals surface area contributed by atoms with Crippen LogP contribution in [0.15, 0.2) is 78.9 Å². The predicted octanol–water partition coefficient (Wildman–Crippen LogP) is 5.63. The van der Waals surface area contributed by atoms with Crippen molar-refractivity contribution < 1.29 is 19.4 Å². The van der Waals surface area contributed by atoms with Crippen LogP contribution in [-0.2, 0) is 4.79 Å². The summed E-state index contributed by atoms with van der Waals surface area (Å²) in [4.78, 5) is 13.2. The molecule has 0 bridgehead atoms. The van der Waals surface area contributed by atoms with Crippen LogP contribution in [0, 0.1) is 0 Å². The van der Waals surface area contributed by atoms with Crippen molar-refractivity contribution in [3.63, 3.8) is 0 Å². The first-order chi connectivity index (χ1) is 15.2. The van der Waals surface area contributed by atoms with E-state index in [0.29, 0.717) is 24.0 Å². The minimum absolute atomic E-state index is 0.310. The van der Waals surface area contributed by atoms with Crippen LogP contribution in [0.4, 0.5) is 11.4 Å². The molecule has 1 N–H and O–H groups in total. The zero-order valence-electron chi connectivity index (χ0n) is 17.4. The van der Waals surface area contributed by atoms with Gasteiger partial charge in [0.15, 0.2) is 18.1 Å². The van der Waals surface area contributed by atoms with Crippen LogP contribution in [0.2, 0.25) is 0 Å². The summed E-state index contributed by atoms with van der Waals surface area (Å²) in [6.45, 7) is 1.19. The number of aliphatic carboxylic acids is 1. The van der Waals surface area contributed by atoms with E-state index in [-0.39, 0.29) is 6.61 Å². The molecule has 0 fully saturated rings. The number of ether oxygens (including phenoxy) is 2. The van der Waals surface area contributed by atoms with Gasteiger partial charge in [-0.1, -0.05) is 55.0 Å². The maximum Gasteiger partial charge on any atom is 0.341 e. The molecule has 5 nitrogen and oxygen atoms in total. The third-order valence-electron chi connectivity index (χ3n) is 5.55. The number of unbranched alkanes of at least 4 members (excludes halogenated alkanes) is 1. The lowest BCUT2D eigenvalue weighted by atomic mass is 9.95. The summed E-state index contributed by atoms with van der Waals surface area (Å²) in [6, 6.07) is 26.7. The zero-order valence-corrected chi connectivity index (χ0v) is 17.4. The van der Waals surface area contributed by atoms with Gasteiger partial charge in [-0.05, 0) is 43.2 Å². The summed E-state index contributed by atoms with van der Waals surface area (Å²) in [5.74, 6) is 0.532. The number of benzene rings is 3. The van der Waals surface area contributed by atoms with Crippen molar-refractivity contribution in [2.24, 2.45) is 0 Å². The Morgan fingerprint density at radius 2 is 1.61 bits per heavy atom. The van der Waals surface area contributed by atoms with E-state index in [0.717, 1.165) is 31.4 Å². The number of carboxylic acid groups (broad SMARTS) is 1. The molecule has 0 aromatic heterocycles. The number of carbonyl (C=O) groups is 1. The predicted molar refractivity (Wildman–Crippen MR) is 122 cm³/mol. The van der Waals surface area contributed by atoms with Crippen LogP contribution >= 0.6 is 0 Å². The molecular formula is C26H27NO4. The van der Waals surface area contributed by atoms with Crippen molar-refractivity contribution in [2.45, 2.75) is 25.2 Å². The van der Waals surface area contributed by atoms with Crippen molar-refractivity contribution in [2.75, 3.05) is 24.7 Å². The molecule has 160 valence electrons. The maximum absolute atomic E-state index is 10.8. The van der Waals surface area contributed by atoms with Crippen LogP contribution < -0.4 is 14.4 Å². The van der Waals surface area contributed by atoms with Crippen molar-refractivity contribution in [3.05, 3.63) is 84.4 Å². The lowest BCUT2D eigenvalue weighted by molar-refractivity contribution is -0.139. The highest BCUT2D eigenvalue weighted by Gasteiger charge is 2.27. The normalized spacial score (nSPS) is 14.5. The molecule has 0 amide bonds. The highest BCUT2D eigenvalue weighted by molar-refractivity contribution is 5.68. The van der Waals surface area contributed by atoms with E-state index in [1.54, 1.807) is 6.07 Å². The monoisotopic (exact) mass is 417 g/mol. The van der Waals surface area contributed by atoms with E-state index >= 15 is 0 Å². The second kappa shape index (κ2) is 10.0. The lowest BCUT2D eigenvalue weighted by Crippen LogP contribution is -2.18. The Morgan fingerprint density at radius 1 is 0.935 bits per heavy atom. The highest BCUT2D eigenvalue weighted by Crippen LogP contribution is 2.43. The van der Waals surface area contributed by atoms with Gasteiger partial charge in [0.1, 0.15) is 0 Å². The minimum atomic E-state index is -0.992. The summed E-state index contributed by atoms with van der Waals surface area (Å²) in [5, 5.41) is 8.86. The van der Waals surface area contributed by atoms with Crippen molar-refractivity contribution in [1.29, 1.82) is 0 Å². The van der Waals surface area contributed by atoms with Crippen LogP contribution in [0.1, 0.15) is 30.7 Å². The molecule has 1 atom stereocenters. The first-order valence-electron chi connectivity index (χ1n) is 10.7. The van der Waals surface area contributed by atoms with Crippen LogP contribution in [-0.4, -0.2) is 30.8 Å². The molecule has 0 saturated heterocycles. The first kappa shape index (κ1) is 20.8. The molecule has 4 rings (SSSR count). The van der Waals surface area contributed by atoms with E-state index < -0.39 is 5.97 Å². The Hall–Kier alpha value is -3.47. The van der Waals surface area contributed by atoms with Gasteiger partial charge in [0.05, 0.1) is 6.61 Å². The fourth-order valence-corrected chi connectivity index (χ4v) is 4.06. The highest BCUT2D eigenvalue weighted by atomic mass is 16.5. The van der Waals surface area contributed by atoms with Gasteiger partial charge < -0.3 is 19.5 Å². The van der Waals surface area contributed by atoms with Gasteiger partial charge in [-0.25, -0.2) is 4.79 Å². The van der Waals surface area contributed by atoms with Gasteiger partial charge in [0.25, 0.3) is 0 Å². The van der Waals surface area contributed by atoms with Gasteiger partial charge in [-0.2, -0.15) is 0 Å². The molecule has 1 aliphatic heterocycles. The maximum atomic E-state index is 10.8. The Bertz CT molecular complexity index is 951. The number of hydrogen-bond donors (Lipinski definition) is 1. The quantitative estimate of drug-likeness (QED) is 0.433. The van der Waals surface area contributed by atoms with Gasteiger partial charge in [0.2, 0.25) is 0 Å². The first-order valence-corrected chi connectivity index (χ1v) is 10.7. The van der Waals surface area contributed by atoms with E-state index in [2.05, 4.69) is 59.5 Å². The van der Waals surface area contributed by atoms with Crippen LogP contribution in [0.25, 0.3) is 0 Å². The number of anilines is 2. The SMILES string of the molecule is O=C(O)COc1cccc2c1OCC2CCCCN(c1ccccc1)c1ccccc1. The number of nitrogens with zero attached hydrogens (tertiary/aromatic N) is 1. The van der Waals surface area contributed by atoms with E-state index in [1.807, 2.05) is 18.2 Å². The lowest BCUT2D eigenvalue weighted by Gasteiger charge is -2.25. The average Bonchev–Trinajstić information content (AvgIpc) is 3.22. The summed E-state index contributed by atoms with van der Waals surface area (Å²) >= 11 is 0. The third kappa shape index (κ3) is 5.18. The minimum Gasteiger partial charge on any atom is -0.489 e. The van der Waals surface area contributed by atoms with Gasteiger partial charge >= 0.3 is 5.97 Å². The second-order valence-corrected chi connectivity index (χ2v) is 7.68. The molecule has 31 heavy (non-hydrogen) atoms. The molecule has 0 spiro atoms. The zero-order chi connectivity index (χ0) is 21.5. The smallest absolute Gasteiger partial charge is 0.341 e. The summed E-state index contributed by atoms with van der Waals surface area (Å²) in [6.07, 6.45) is 3.15. The number of fused-ring (bicyclic) bond motifs is 1. The Balaban J connectivity index is 1.36. The molecule has 0 radical (unpaired) electrons. The average molecular weight is 418 g/mol. The van der Waals surface area contributed by atoms with Gasteiger partial charge in [0, 0.05) is 29.4 Å². The molecular weight excluding hydrogens is 390 g/mol. The molecule has 3 aromatic carbocycles. The fourth-order valence-electron chi connectivity index (χ4n) is 4.06. The molecule has 0 aliphatic carbocycles. The molecule has 1 heterocycles. The Labute approximate surface area is 182 Å². The summed E-state index contributed by atoms with van der Waals surface area (Å²) < 4.78 is 11.2. The molecule has 3 aromatic rings. The standard InChI is InChI=1S/C26H27NO4/c28-25(29)19-30-24-16-9-15-23-20(18-31-26(23)24)10-7-8-17-27(21-11-3-1-4-12-21)22-13-5-2-6-14-22/h1-6,9,11-16,20H,7-8,10,17-19H2,(H,28,29). The fraction of sp³-hybridized carbons (Fsp3) is 0.269. The molecule has 1 aliphatic rings. The molecule has 1 unspecified atom stereocenters. The van der Waals surface area contributed by atoms with Gasteiger partial charge in [-0.3, -0.25) is 0 Å². The summed E-state index contributed by atoms with van der Waals surface area (Å²) in [7, 11) is 0. The van der Waals surface area contributed by atoms with E-state index in [4.69, 9.17) is 14.6 Å². The van der Waals surface area contributed by atoms with E-state index in [9.17, 15) is 4.79 Å². The second-order valence-electron chi connectivity index (χ2n) is 7.68. The van der Waals surface area contributed by atoms with Crippen LogP contribution in [0.5, 0.6) is 11.5 Å². The number of para-hydroxylation sites is 3. The van der Waals surface area contributed by atoms with Crippen molar-refractivity contribution >= 4 is 17.3 Å². The summed E-state index contributed by atoms with van der Waals surface area (Å²) in [5.41, 5.74) is 3.51. The van der Waals surface area contributed by atoms with Crippen molar-refractivity contribution in [1.82, 2.24) is 0 Å². The molecule has 0 saturated carbocycles. The number of rotatable bonds is 10. The number of hydrogen-bond acceptors (Lipinski definition) is 4. The Kier molecular flexibility index (Phi) is 6.72. The number of carboxylic acids is 1. The topological polar surface area (TPSA) is 59.0 Å². The molecule has 5 heteroatoms. The van der Waals surface area contributed by atoms with Crippen LogP contribution in [0.3, 0.4) is 0 Å².